The molecule has 1 rings (SSSR count). The number of esters is 1. The van der Waals surface area contributed by atoms with Gasteiger partial charge in [0.25, 0.3) is 0 Å². The van der Waals surface area contributed by atoms with Crippen molar-refractivity contribution in [2.45, 2.75) is 6.43 Å². The van der Waals surface area contributed by atoms with Gasteiger partial charge in [0.1, 0.15) is 0 Å². The largest absolute Gasteiger partial charge is 0.469 e. The molecule has 1 N–H and O–H groups in total. The highest BCUT2D eigenvalue weighted by Crippen LogP contribution is 2.24. The first-order valence-corrected chi connectivity index (χ1v) is 3.73. The number of rotatable bonds is 2. The van der Waals surface area contributed by atoms with E-state index in [4.69, 9.17) is 0 Å². The molecule has 70 valence electrons. The Hall–Kier alpha value is -0.710. The lowest BCUT2D eigenvalue weighted by atomic mass is 9.97. The van der Waals surface area contributed by atoms with Crippen LogP contribution in [0.1, 0.15) is 0 Å². The van der Waals surface area contributed by atoms with Gasteiger partial charge < -0.3 is 10.1 Å². The van der Waals surface area contributed by atoms with Crippen LogP contribution in [-0.2, 0) is 9.53 Å². The van der Waals surface area contributed by atoms with E-state index in [1.807, 2.05) is 0 Å². The Kier molecular flexibility index (Phi) is 2.97. The van der Waals surface area contributed by atoms with E-state index < -0.39 is 24.2 Å². The van der Waals surface area contributed by atoms with Gasteiger partial charge in [0, 0.05) is 19.0 Å². The van der Waals surface area contributed by atoms with E-state index >= 15 is 0 Å². The molecule has 0 radical (unpaired) electrons. The first kappa shape index (κ1) is 9.38. The van der Waals surface area contributed by atoms with Crippen LogP contribution in [0.4, 0.5) is 8.78 Å². The van der Waals surface area contributed by atoms with Crippen LogP contribution in [-0.4, -0.2) is 32.6 Å². The van der Waals surface area contributed by atoms with E-state index in [-0.39, 0.29) is 6.54 Å². The molecule has 3 nitrogen and oxygen atoms in total. The van der Waals surface area contributed by atoms with Gasteiger partial charge in [-0.05, 0) is 0 Å². The summed E-state index contributed by atoms with van der Waals surface area (Å²) in [6.07, 6.45) is -2.45. The third kappa shape index (κ3) is 1.72. The fourth-order valence-electron chi connectivity index (χ4n) is 1.37. The molecule has 1 saturated heterocycles. The number of ether oxygens (including phenoxy) is 1. The molecule has 1 aliphatic heterocycles. The van der Waals surface area contributed by atoms with E-state index in [0.717, 1.165) is 0 Å². The molecule has 0 aromatic rings. The standard InChI is InChI=1S/C7H11F2NO2/c1-12-7(11)5-3-10-2-4(5)6(8)9/h4-6,10H,2-3H2,1H3/t4-,5-/m1/s1. The summed E-state index contributed by atoms with van der Waals surface area (Å²) in [4.78, 5) is 10.9. The second-order valence-electron chi connectivity index (χ2n) is 2.79. The van der Waals surface area contributed by atoms with Crippen molar-refractivity contribution in [1.82, 2.24) is 5.32 Å². The molecule has 1 heterocycles. The maximum absolute atomic E-state index is 12.2. The predicted molar refractivity (Wildman–Crippen MR) is 37.9 cm³/mol. The molecule has 1 aliphatic rings. The lowest BCUT2D eigenvalue weighted by molar-refractivity contribution is -0.148. The molecule has 12 heavy (non-hydrogen) atoms. The molecule has 0 unspecified atom stereocenters. The lowest BCUT2D eigenvalue weighted by Crippen LogP contribution is -2.28. The lowest BCUT2D eigenvalue weighted by Gasteiger charge is -2.14. The number of alkyl halides is 2. The van der Waals surface area contributed by atoms with Crippen molar-refractivity contribution < 1.29 is 18.3 Å². The van der Waals surface area contributed by atoms with Crippen molar-refractivity contribution in [3.8, 4) is 0 Å². The molecule has 0 aromatic heterocycles. The molecule has 0 spiro atoms. The van der Waals surface area contributed by atoms with Crippen LogP contribution in [0.25, 0.3) is 0 Å². The molecule has 5 heteroatoms. The number of methoxy groups -OCH3 is 1. The van der Waals surface area contributed by atoms with E-state index in [1.165, 1.54) is 7.11 Å². The fourth-order valence-corrected chi connectivity index (χ4v) is 1.37. The molecule has 1 fully saturated rings. The number of nitrogens with one attached hydrogen (secondary N) is 1. The second kappa shape index (κ2) is 3.80. The molecular formula is C7H11F2NO2. The zero-order chi connectivity index (χ0) is 9.14. The molecule has 0 saturated carbocycles. The minimum atomic E-state index is -2.45. The monoisotopic (exact) mass is 179 g/mol. The van der Waals surface area contributed by atoms with Crippen LogP contribution >= 0.6 is 0 Å². The summed E-state index contributed by atoms with van der Waals surface area (Å²) in [6.45, 7) is 0.485. The van der Waals surface area contributed by atoms with Crippen LogP contribution in [0.2, 0.25) is 0 Å². The van der Waals surface area contributed by atoms with Gasteiger partial charge in [-0.2, -0.15) is 0 Å². The summed E-state index contributed by atoms with van der Waals surface area (Å²) in [7, 11) is 1.21. The summed E-state index contributed by atoms with van der Waals surface area (Å²) in [6, 6.07) is 0. The number of carbonyl (C=O) groups is 1. The van der Waals surface area contributed by atoms with Crippen molar-refractivity contribution in [1.29, 1.82) is 0 Å². The third-order valence-corrected chi connectivity index (χ3v) is 2.09. The van der Waals surface area contributed by atoms with Crippen LogP contribution in [0.15, 0.2) is 0 Å². The van der Waals surface area contributed by atoms with Crippen molar-refractivity contribution in [2.75, 3.05) is 20.2 Å². The minimum absolute atomic E-state index is 0.192. The van der Waals surface area contributed by atoms with Gasteiger partial charge in [0.2, 0.25) is 6.43 Å². The van der Waals surface area contributed by atoms with Gasteiger partial charge in [-0.15, -0.1) is 0 Å². The van der Waals surface area contributed by atoms with E-state index in [2.05, 4.69) is 10.1 Å². The fraction of sp³-hybridized carbons (Fsp3) is 0.857. The van der Waals surface area contributed by atoms with Crippen LogP contribution in [0.3, 0.4) is 0 Å². The van der Waals surface area contributed by atoms with E-state index in [0.29, 0.717) is 6.54 Å². The summed E-state index contributed by atoms with van der Waals surface area (Å²) >= 11 is 0. The predicted octanol–water partition coefficient (Wildman–Crippen LogP) is 0.260. The maximum atomic E-state index is 12.2. The van der Waals surface area contributed by atoms with Crippen molar-refractivity contribution in [2.24, 2.45) is 11.8 Å². The summed E-state index contributed by atoms with van der Waals surface area (Å²) < 4.78 is 28.9. The molecule has 0 amide bonds. The molecule has 0 bridgehead atoms. The van der Waals surface area contributed by atoms with Gasteiger partial charge in [-0.3, -0.25) is 4.79 Å². The number of hydrogen-bond donors (Lipinski definition) is 1. The second-order valence-corrected chi connectivity index (χ2v) is 2.79. The SMILES string of the molecule is COC(=O)[C@@H]1CNC[C@H]1C(F)F. The first-order valence-electron chi connectivity index (χ1n) is 3.73. The Balaban J connectivity index is 2.57. The van der Waals surface area contributed by atoms with Gasteiger partial charge in [-0.1, -0.05) is 0 Å². The minimum Gasteiger partial charge on any atom is -0.469 e. The average Bonchev–Trinajstić information content (AvgIpc) is 2.50. The third-order valence-electron chi connectivity index (χ3n) is 2.09. The normalized spacial score (nSPS) is 29.3. The quantitative estimate of drug-likeness (QED) is 0.618. The Labute approximate surface area is 69.1 Å². The maximum Gasteiger partial charge on any atom is 0.310 e. The summed E-state index contributed by atoms with van der Waals surface area (Å²) in [5, 5.41) is 2.74. The molecule has 0 aliphatic carbocycles. The number of hydrogen-bond acceptors (Lipinski definition) is 3. The number of halogens is 2. The Morgan fingerprint density at radius 2 is 2.25 bits per heavy atom. The van der Waals surface area contributed by atoms with E-state index in [9.17, 15) is 13.6 Å². The van der Waals surface area contributed by atoms with Crippen LogP contribution in [0.5, 0.6) is 0 Å². The zero-order valence-electron chi connectivity index (χ0n) is 6.72. The average molecular weight is 179 g/mol. The first-order chi connectivity index (χ1) is 5.66. The van der Waals surface area contributed by atoms with Crippen molar-refractivity contribution in [3.63, 3.8) is 0 Å². The Morgan fingerprint density at radius 1 is 1.58 bits per heavy atom. The highest BCUT2D eigenvalue weighted by atomic mass is 19.3. The van der Waals surface area contributed by atoms with Gasteiger partial charge in [0.05, 0.1) is 13.0 Å². The van der Waals surface area contributed by atoms with Gasteiger partial charge in [-0.25, -0.2) is 8.78 Å². The Morgan fingerprint density at radius 3 is 2.75 bits per heavy atom. The summed E-state index contributed by atoms with van der Waals surface area (Å²) in [5.41, 5.74) is 0. The smallest absolute Gasteiger partial charge is 0.310 e. The molecular weight excluding hydrogens is 168 g/mol. The van der Waals surface area contributed by atoms with Crippen LogP contribution < -0.4 is 5.32 Å². The highest BCUT2D eigenvalue weighted by Gasteiger charge is 2.39. The summed E-state index contributed by atoms with van der Waals surface area (Å²) in [5.74, 6) is -2.13. The van der Waals surface area contributed by atoms with Gasteiger partial charge >= 0.3 is 5.97 Å². The van der Waals surface area contributed by atoms with Crippen molar-refractivity contribution in [3.05, 3.63) is 0 Å². The Bertz CT molecular complexity index is 175. The molecule has 2 atom stereocenters. The van der Waals surface area contributed by atoms with E-state index in [1.54, 1.807) is 0 Å². The van der Waals surface area contributed by atoms with Crippen LogP contribution in [0, 0.1) is 11.8 Å². The van der Waals surface area contributed by atoms with Gasteiger partial charge in [0.15, 0.2) is 0 Å². The van der Waals surface area contributed by atoms with Crippen molar-refractivity contribution >= 4 is 5.97 Å². The highest BCUT2D eigenvalue weighted by molar-refractivity contribution is 5.73. The number of carbonyl (C=O) groups excluding carboxylic acids is 1. The topological polar surface area (TPSA) is 38.3 Å². The molecule has 0 aromatic carbocycles. The zero-order valence-corrected chi connectivity index (χ0v) is 6.72.